The van der Waals surface area contributed by atoms with Gasteiger partial charge in [0, 0.05) is 6.42 Å². The Morgan fingerprint density at radius 1 is 1.39 bits per heavy atom. The molecule has 0 saturated carbocycles. The second-order valence-electron chi connectivity index (χ2n) is 3.72. The fourth-order valence-electron chi connectivity index (χ4n) is 1.46. The van der Waals surface area contributed by atoms with Crippen LogP contribution in [0.4, 0.5) is 0 Å². The van der Waals surface area contributed by atoms with Gasteiger partial charge in [0.25, 0.3) is 0 Å². The van der Waals surface area contributed by atoms with Gasteiger partial charge in [-0.3, -0.25) is 4.79 Å². The number of hydrogen-bond acceptors (Lipinski definition) is 5. The Balaban J connectivity index is 2.74. The van der Waals surface area contributed by atoms with Crippen molar-refractivity contribution in [2.45, 2.75) is 12.5 Å². The third-order valence-electron chi connectivity index (χ3n) is 2.38. The van der Waals surface area contributed by atoms with Crippen LogP contribution in [0.3, 0.4) is 0 Å². The Bertz CT molecular complexity index is 417. The van der Waals surface area contributed by atoms with Crippen molar-refractivity contribution in [2.75, 3.05) is 13.7 Å². The lowest BCUT2D eigenvalue weighted by atomic mass is 10.1. The fourth-order valence-corrected chi connectivity index (χ4v) is 1.46. The van der Waals surface area contributed by atoms with Crippen LogP contribution in [0.2, 0.25) is 0 Å². The Kier molecular flexibility index (Phi) is 5.13. The van der Waals surface area contributed by atoms with Crippen molar-refractivity contribution in [3.05, 3.63) is 29.8 Å². The number of carbonyl (C=O) groups is 2. The fraction of sp³-hybridized carbons (Fsp3) is 0.333. The maximum Gasteiger partial charge on any atom is 0.328 e. The van der Waals surface area contributed by atoms with E-state index >= 15 is 0 Å². The molecule has 0 bridgehead atoms. The summed E-state index contributed by atoms with van der Waals surface area (Å²) < 4.78 is 4.61. The first-order valence-corrected chi connectivity index (χ1v) is 5.42. The summed E-state index contributed by atoms with van der Waals surface area (Å²) in [5.41, 5.74) is 5.97. The number of aromatic hydroxyl groups is 1. The number of ether oxygens (including phenoxy) is 1. The number of nitrogens with two attached hydrogens (primary N) is 1. The van der Waals surface area contributed by atoms with E-state index in [9.17, 15) is 9.59 Å². The number of phenolic OH excluding ortho intramolecular Hbond substituents is 1. The highest BCUT2D eigenvalue weighted by Gasteiger charge is 2.21. The van der Waals surface area contributed by atoms with Crippen molar-refractivity contribution in [1.82, 2.24) is 5.32 Å². The van der Waals surface area contributed by atoms with Gasteiger partial charge in [0.15, 0.2) is 0 Å². The van der Waals surface area contributed by atoms with Crippen molar-refractivity contribution in [3.8, 4) is 5.75 Å². The minimum absolute atomic E-state index is 0.138. The van der Waals surface area contributed by atoms with Gasteiger partial charge in [0.05, 0.1) is 13.7 Å². The number of rotatable bonds is 5. The first kappa shape index (κ1) is 14.0. The van der Waals surface area contributed by atoms with Crippen LogP contribution in [0, 0.1) is 0 Å². The van der Waals surface area contributed by atoms with Crippen LogP contribution < -0.4 is 11.1 Å². The van der Waals surface area contributed by atoms with Gasteiger partial charge in [-0.25, -0.2) is 4.79 Å². The van der Waals surface area contributed by atoms with Crippen LogP contribution in [-0.2, 0) is 20.7 Å². The van der Waals surface area contributed by atoms with Crippen molar-refractivity contribution >= 4 is 11.9 Å². The Hall–Kier alpha value is -2.08. The first-order chi connectivity index (χ1) is 8.56. The first-order valence-electron chi connectivity index (χ1n) is 5.42. The standard InChI is InChI=1S/C12H16N2O4/c1-18-12(17)10(14-11(16)7-13)6-8-2-4-9(15)5-3-8/h2-5,10,15H,6-7,13H2,1H3,(H,14,16). The van der Waals surface area contributed by atoms with E-state index in [4.69, 9.17) is 10.8 Å². The predicted molar refractivity (Wildman–Crippen MR) is 64.8 cm³/mol. The number of amides is 1. The summed E-state index contributed by atoms with van der Waals surface area (Å²) in [5, 5.41) is 11.6. The molecular weight excluding hydrogens is 236 g/mol. The lowest BCUT2D eigenvalue weighted by Crippen LogP contribution is -2.45. The number of hydrogen-bond donors (Lipinski definition) is 3. The summed E-state index contributed by atoms with van der Waals surface area (Å²) in [4.78, 5) is 22.7. The lowest BCUT2D eigenvalue weighted by Gasteiger charge is -2.16. The largest absolute Gasteiger partial charge is 0.508 e. The van der Waals surface area contributed by atoms with Gasteiger partial charge >= 0.3 is 5.97 Å². The molecule has 0 radical (unpaired) electrons. The number of phenols is 1. The molecule has 0 aliphatic rings. The zero-order valence-electron chi connectivity index (χ0n) is 10.1. The van der Waals surface area contributed by atoms with Crippen molar-refractivity contribution < 1.29 is 19.4 Å². The van der Waals surface area contributed by atoms with E-state index in [0.717, 1.165) is 5.56 Å². The van der Waals surface area contributed by atoms with Crippen LogP contribution in [0.5, 0.6) is 5.75 Å². The van der Waals surface area contributed by atoms with Crippen LogP contribution in [0.1, 0.15) is 5.56 Å². The maximum atomic E-state index is 11.5. The molecule has 0 saturated heterocycles. The zero-order chi connectivity index (χ0) is 13.5. The van der Waals surface area contributed by atoms with Crippen molar-refractivity contribution in [1.29, 1.82) is 0 Å². The molecule has 1 unspecified atom stereocenters. The Morgan fingerprint density at radius 3 is 2.50 bits per heavy atom. The Morgan fingerprint density at radius 2 is 2.00 bits per heavy atom. The third-order valence-corrected chi connectivity index (χ3v) is 2.38. The molecular formula is C12H16N2O4. The van der Waals surface area contributed by atoms with Gasteiger partial charge in [-0.1, -0.05) is 12.1 Å². The van der Waals surface area contributed by atoms with Crippen molar-refractivity contribution in [2.24, 2.45) is 5.73 Å². The molecule has 1 aromatic carbocycles. The SMILES string of the molecule is COC(=O)C(Cc1ccc(O)cc1)NC(=O)CN. The van der Waals surface area contributed by atoms with E-state index in [1.54, 1.807) is 12.1 Å². The van der Waals surface area contributed by atoms with Gasteiger partial charge in [0.1, 0.15) is 11.8 Å². The molecule has 98 valence electrons. The smallest absolute Gasteiger partial charge is 0.328 e. The van der Waals surface area contributed by atoms with Gasteiger partial charge < -0.3 is 20.9 Å². The molecule has 0 aliphatic carbocycles. The van der Waals surface area contributed by atoms with E-state index in [1.807, 2.05) is 0 Å². The van der Waals surface area contributed by atoms with E-state index < -0.39 is 17.9 Å². The molecule has 1 aromatic rings. The summed E-state index contributed by atoms with van der Waals surface area (Å²) >= 11 is 0. The van der Waals surface area contributed by atoms with Crippen molar-refractivity contribution in [3.63, 3.8) is 0 Å². The molecule has 6 nitrogen and oxygen atoms in total. The lowest BCUT2D eigenvalue weighted by molar-refractivity contribution is -0.144. The Labute approximate surface area is 105 Å². The van der Waals surface area contributed by atoms with Crippen LogP contribution >= 0.6 is 0 Å². The summed E-state index contributed by atoms with van der Waals surface area (Å²) in [6.07, 6.45) is 0.276. The molecule has 1 atom stereocenters. The number of benzene rings is 1. The van der Waals surface area contributed by atoms with Crippen LogP contribution in [-0.4, -0.2) is 36.7 Å². The monoisotopic (exact) mass is 252 g/mol. The van der Waals surface area contributed by atoms with E-state index in [-0.39, 0.29) is 18.7 Å². The zero-order valence-corrected chi connectivity index (χ0v) is 10.1. The highest BCUT2D eigenvalue weighted by atomic mass is 16.5. The highest BCUT2D eigenvalue weighted by molar-refractivity contribution is 5.85. The average Bonchev–Trinajstić information content (AvgIpc) is 2.39. The molecule has 6 heteroatoms. The second-order valence-corrected chi connectivity index (χ2v) is 3.72. The number of methoxy groups -OCH3 is 1. The molecule has 0 aliphatic heterocycles. The average molecular weight is 252 g/mol. The molecule has 1 rings (SSSR count). The molecule has 0 aromatic heterocycles. The van der Waals surface area contributed by atoms with Gasteiger partial charge in [-0.2, -0.15) is 0 Å². The topological polar surface area (TPSA) is 102 Å². The third kappa shape index (κ3) is 4.06. The second kappa shape index (κ2) is 6.61. The van der Waals surface area contributed by atoms with E-state index in [1.165, 1.54) is 19.2 Å². The summed E-state index contributed by atoms with van der Waals surface area (Å²) in [7, 11) is 1.25. The highest BCUT2D eigenvalue weighted by Crippen LogP contribution is 2.11. The molecule has 0 fully saturated rings. The number of carbonyl (C=O) groups excluding carboxylic acids is 2. The summed E-state index contributed by atoms with van der Waals surface area (Å²) in [6.45, 7) is -0.191. The van der Waals surface area contributed by atoms with Crippen LogP contribution in [0.25, 0.3) is 0 Å². The number of esters is 1. The summed E-state index contributed by atoms with van der Waals surface area (Å²) in [5.74, 6) is -0.826. The normalized spacial score (nSPS) is 11.7. The minimum atomic E-state index is -0.782. The van der Waals surface area contributed by atoms with Gasteiger partial charge in [-0.15, -0.1) is 0 Å². The minimum Gasteiger partial charge on any atom is -0.508 e. The molecule has 1 amide bonds. The van der Waals surface area contributed by atoms with E-state index in [0.29, 0.717) is 0 Å². The molecule has 0 spiro atoms. The molecule has 18 heavy (non-hydrogen) atoms. The number of nitrogens with one attached hydrogen (secondary N) is 1. The van der Waals surface area contributed by atoms with Gasteiger partial charge in [0.2, 0.25) is 5.91 Å². The van der Waals surface area contributed by atoms with Gasteiger partial charge in [-0.05, 0) is 17.7 Å². The van der Waals surface area contributed by atoms with Crippen LogP contribution in [0.15, 0.2) is 24.3 Å². The molecule has 0 heterocycles. The molecule has 4 N–H and O–H groups in total. The predicted octanol–water partition coefficient (Wildman–Crippen LogP) is -0.449. The van der Waals surface area contributed by atoms with E-state index in [2.05, 4.69) is 10.1 Å². The summed E-state index contributed by atoms with van der Waals surface area (Å²) in [6, 6.07) is 5.57. The maximum absolute atomic E-state index is 11.5. The quantitative estimate of drug-likeness (QED) is 0.616.